The number of hydrogen-bond acceptors (Lipinski definition) is 3. The Kier molecular flexibility index (Phi) is 4.53. The van der Waals surface area contributed by atoms with Crippen LogP contribution in [-0.2, 0) is 4.79 Å². The summed E-state index contributed by atoms with van der Waals surface area (Å²) in [7, 11) is 0. The minimum atomic E-state index is -0.690. The van der Waals surface area contributed by atoms with Crippen LogP contribution in [-0.4, -0.2) is 29.1 Å². The summed E-state index contributed by atoms with van der Waals surface area (Å²) >= 11 is 6.34. The van der Waals surface area contributed by atoms with Crippen molar-refractivity contribution >= 4 is 23.3 Å². The lowest BCUT2D eigenvalue weighted by molar-refractivity contribution is -0.142. The van der Waals surface area contributed by atoms with E-state index in [1.807, 2.05) is 43.5 Å². The molecule has 1 aromatic heterocycles. The van der Waals surface area contributed by atoms with Gasteiger partial charge in [-0.05, 0) is 49.6 Å². The monoisotopic (exact) mass is 330 g/mol. The highest BCUT2D eigenvalue weighted by molar-refractivity contribution is 6.33. The molecule has 0 aliphatic carbocycles. The molecule has 0 unspecified atom stereocenters. The van der Waals surface area contributed by atoms with E-state index in [2.05, 4.69) is 9.88 Å². The Balaban J connectivity index is 1.83. The van der Waals surface area contributed by atoms with Gasteiger partial charge in [-0.15, -0.1) is 0 Å². The Labute approximate surface area is 140 Å². The van der Waals surface area contributed by atoms with E-state index in [9.17, 15) is 4.79 Å². The van der Waals surface area contributed by atoms with E-state index < -0.39 is 5.97 Å². The third-order valence-electron chi connectivity index (χ3n) is 4.35. The number of nitrogens with zero attached hydrogens (tertiary/aromatic N) is 2. The van der Waals surface area contributed by atoms with E-state index in [1.165, 1.54) is 0 Å². The van der Waals surface area contributed by atoms with Crippen LogP contribution in [0.2, 0.25) is 5.02 Å². The van der Waals surface area contributed by atoms with E-state index in [-0.39, 0.29) is 5.92 Å². The molecule has 23 heavy (non-hydrogen) atoms. The quantitative estimate of drug-likeness (QED) is 0.923. The van der Waals surface area contributed by atoms with E-state index in [0.717, 1.165) is 35.6 Å². The van der Waals surface area contributed by atoms with E-state index >= 15 is 0 Å². The van der Waals surface area contributed by atoms with Crippen LogP contribution in [0, 0.1) is 12.8 Å². The number of carboxylic acid groups (broad SMARTS) is 1. The molecule has 1 aliphatic heterocycles. The lowest BCUT2D eigenvalue weighted by Crippen LogP contribution is -2.36. The number of benzene rings is 1. The number of carbonyl (C=O) groups is 1. The van der Waals surface area contributed by atoms with Gasteiger partial charge in [-0.2, -0.15) is 0 Å². The van der Waals surface area contributed by atoms with Crippen LogP contribution in [0.25, 0.3) is 11.3 Å². The Morgan fingerprint density at radius 1 is 1.26 bits per heavy atom. The summed E-state index contributed by atoms with van der Waals surface area (Å²) in [6.07, 6.45) is 3.18. The minimum absolute atomic E-state index is 0.225. The highest BCUT2D eigenvalue weighted by Gasteiger charge is 2.24. The number of anilines is 1. The van der Waals surface area contributed by atoms with Gasteiger partial charge in [0.25, 0.3) is 0 Å². The average molecular weight is 331 g/mol. The summed E-state index contributed by atoms with van der Waals surface area (Å²) in [6.45, 7) is 3.50. The standard InChI is InChI=1S/C18H19ClN2O2/c1-12-2-5-17(20-11-12)15-10-14(3-4-16(15)19)21-8-6-13(7-9-21)18(22)23/h2-5,10-11,13H,6-9H2,1H3,(H,22,23). The van der Waals surface area contributed by atoms with Crippen molar-refractivity contribution in [3.8, 4) is 11.3 Å². The van der Waals surface area contributed by atoms with Crippen LogP contribution in [0.1, 0.15) is 18.4 Å². The number of rotatable bonds is 3. The number of aryl methyl sites for hydroxylation is 1. The van der Waals surface area contributed by atoms with Crippen molar-refractivity contribution in [1.82, 2.24) is 4.98 Å². The van der Waals surface area contributed by atoms with E-state index in [1.54, 1.807) is 0 Å². The molecular weight excluding hydrogens is 312 g/mol. The van der Waals surface area contributed by atoms with Gasteiger partial charge >= 0.3 is 5.97 Å². The van der Waals surface area contributed by atoms with Gasteiger partial charge in [0.15, 0.2) is 0 Å². The molecule has 1 aromatic carbocycles. The summed E-state index contributed by atoms with van der Waals surface area (Å²) in [4.78, 5) is 17.7. The van der Waals surface area contributed by atoms with Crippen LogP contribution >= 0.6 is 11.6 Å². The summed E-state index contributed by atoms with van der Waals surface area (Å²) in [5.74, 6) is -0.915. The second-order valence-electron chi connectivity index (χ2n) is 5.98. The number of pyridine rings is 1. The number of aromatic nitrogens is 1. The Hall–Kier alpha value is -2.07. The average Bonchev–Trinajstić information content (AvgIpc) is 2.56. The largest absolute Gasteiger partial charge is 0.481 e. The molecule has 2 heterocycles. The van der Waals surface area contributed by atoms with Crippen molar-refractivity contribution in [3.05, 3.63) is 47.1 Å². The van der Waals surface area contributed by atoms with Crippen molar-refractivity contribution < 1.29 is 9.90 Å². The molecule has 0 radical (unpaired) electrons. The van der Waals surface area contributed by atoms with Crippen LogP contribution in [0.3, 0.4) is 0 Å². The molecule has 1 N–H and O–H groups in total. The fourth-order valence-corrected chi connectivity index (χ4v) is 3.13. The summed E-state index contributed by atoms with van der Waals surface area (Å²) in [6, 6.07) is 9.90. The lowest BCUT2D eigenvalue weighted by Gasteiger charge is -2.32. The molecule has 0 bridgehead atoms. The van der Waals surface area contributed by atoms with Gasteiger partial charge in [0.2, 0.25) is 0 Å². The highest BCUT2D eigenvalue weighted by Crippen LogP contribution is 2.32. The van der Waals surface area contributed by atoms with Gasteiger partial charge in [-0.25, -0.2) is 0 Å². The predicted molar refractivity (Wildman–Crippen MR) is 92.0 cm³/mol. The lowest BCUT2D eigenvalue weighted by atomic mass is 9.96. The zero-order valence-electron chi connectivity index (χ0n) is 13.0. The molecule has 1 fully saturated rings. The molecule has 5 heteroatoms. The maximum Gasteiger partial charge on any atom is 0.306 e. The van der Waals surface area contributed by atoms with Gasteiger partial charge in [0.05, 0.1) is 16.6 Å². The summed E-state index contributed by atoms with van der Waals surface area (Å²) in [5.41, 5.74) is 3.93. The Morgan fingerprint density at radius 3 is 2.61 bits per heavy atom. The molecule has 0 spiro atoms. The normalized spacial score (nSPS) is 15.7. The molecule has 4 nitrogen and oxygen atoms in total. The maximum absolute atomic E-state index is 11.1. The maximum atomic E-state index is 11.1. The number of aliphatic carboxylic acids is 1. The zero-order valence-corrected chi connectivity index (χ0v) is 13.8. The Morgan fingerprint density at radius 2 is 2.00 bits per heavy atom. The zero-order chi connectivity index (χ0) is 16.4. The van der Waals surface area contributed by atoms with Gasteiger partial charge in [0, 0.05) is 30.5 Å². The SMILES string of the molecule is Cc1ccc(-c2cc(N3CCC(C(=O)O)CC3)ccc2Cl)nc1. The van der Waals surface area contributed by atoms with Crippen molar-refractivity contribution in [2.45, 2.75) is 19.8 Å². The molecule has 0 amide bonds. The van der Waals surface area contributed by atoms with Gasteiger partial charge in [-0.3, -0.25) is 9.78 Å². The van der Waals surface area contributed by atoms with E-state index in [0.29, 0.717) is 17.9 Å². The van der Waals surface area contributed by atoms with Crippen molar-refractivity contribution in [1.29, 1.82) is 0 Å². The fourth-order valence-electron chi connectivity index (χ4n) is 2.92. The first-order chi connectivity index (χ1) is 11.0. The third kappa shape index (κ3) is 3.48. The van der Waals surface area contributed by atoms with Gasteiger partial charge in [-0.1, -0.05) is 17.7 Å². The highest BCUT2D eigenvalue weighted by atomic mass is 35.5. The topological polar surface area (TPSA) is 53.4 Å². The first kappa shape index (κ1) is 15.8. The second-order valence-corrected chi connectivity index (χ2v) is 6.39. The molecule has 2 aromatic rings. The molecule has 0 atom stereocenters. The van der Waals surface area contributed by atoms with Crippen LogP contribution in [0.5, 0.6) is 0 Å². The molecule has 0 saturated carbocycles. The fraction of sp³-hybridized carbons (Fsp3) is 0.333. The Bertz CT molecular complexity index is 707. The van der Waals surface area contributed by atoms with Gasteiger partial charge < -0.3 is 10.0 Å². The minimum Gasteiger partial charge on any atom is -0.481 e. The number of carboxylic acids is 1. The number of piperidine rings is 1. The first-order valence-electron chi connectivity index (χ1n) is 7.75. The van der Waals surface area contributed by atoms with Gasteiger partial charge in [0.1, 0.15) is 0 Å². The third-order valence-corrected chi connectivity index (χ3v) is 4.68. The second kappa shape index (κ2) is 6.59. The summed E-state index contributed by atoms with van der Waals surface area (Å²) < 4.78 is 0. The predicted octanol–water partition coefficient (Wildman–Crippen LogP) is 4.01. The smallest absolute Gasteiger partial charge is 0.306 e. The van der Waals surface area contributed by atoms with Crippen LogP contribution in [0.4, 0.5) is 5.69 Å². The van der Waals surface area contributed by atoms with Crippen LogP contribution < -0.4 is 4.90 Å². The number of hydrogen-bond donors (Lipinski definition) is 1. The van der Waals surface area contributed by atoms with Crippen molar-refractivity contribution in [2.24, 2.45) is 5.92 Å². The summed E-state index contributed by atoms with van der Waals surface area (Å²) in [5, 5.41) is 9.77. The van der Waals surface area contributed by atoms with Crippen molar-refractivity contribution in [2.75, 3.05) is 18.0 Å². The molecular formula is C18H19ClN2O2. The van der Waals surface area contributed by atoms with Crippen molar-refractivity contribution in [3.63, 3.8) is 0 Å². The molecule has 1 aliphatic rings. The molecule has 1 saturated heterocycles. The molecule has 120 valence electrons. The van der Waals surface area contributed by atoms with E-state index in [4.69, 9.17) is 16.7 Å². The van der Waals surface area contributed by atoms with Crippen LogP contribution in [0.15, 0.2) is 36.5 Å². The molecule has 3 rings (SSSR count). The first-order valence-corrected chi connectivity index (χ1v) is 8.13. The number of halogens is 1.